The Labute approximate surface area is 153 Å². The third-order valence-corrected chi connectivity index (χ3v) is 6.71. The number of hydrogen-bond acceptors (Lipinski definition) is 7. The molecule has 0 spiro atoms. The molecule has 1 fully saturated rings. The molecule has 3 rings (SSSR count). The van der Waals surface area contributed by atoms with Gasteiger partial charge in [0, 0.05) is 20.1 Å². The third-order valence-electron chi connectivity index (χ3n) is 4.55. The van der Waals surface area contributed by atoms with E-state index in [9.17, 15) is 8.42 Å². The van der Waals surface area contributed by atoms with Crippen molar-refractivity contribution in [2.45, 2.75) is 37.7 Å². The number of rotatable bonds is 5. The minimum Gasteiger partial charge on any atom is -0.494 e. The maximum absolute atomic E-state index is 13.0. The Hall–Kier alpha value is -2.20. The fourth-order valence-corrected chi connectivity index (χ4v) is 4.94. The molecule has 9 nitrogen and oxygen atoms in total. The monoisotopic (exact) mass is 381 g/mol. The molecular formula is C16H23N5O4S. The molecular weight excluding hydrogens is 358 g/mol. The molecule has 26 heavy (non-hydrogen) atoms. The lowest BCUT2D eigenvalue weighted by Crippen LogP contribution is -2.42. The summed E-state index contributed by atoms with van der Waals surface area (Å²) >= 11 is 0. The van der Waals surface area contributed by atoms with E-state index in [-0.39, 0.29) is 12.1 Å². The average molecular weight is 381 g/mol. The van der Waals surface area contributed by atoms with Crippen molar-refractivity contribution in [2.75, 3.05) is 20.2 Å². The van der Waals surface area contributed by atoms with Crippen LogP contribution in [0.1, 0.15) is 24.2 Å². The molecule has 0 atom stereocenters. The van der Waals surface area contributed by atoms with Crippen LogP contribution in [0.4, 0.5) is 0 Å². The van der Waals surface area contributed by atoms with Gasteiger partial charge in [-0.3, -0.25) is 4.68 Å². The van der Waals surface area contributed by atoms with E-state index < -0.39 is 10.0 Å². The molecule has 0 aromatic carbocycles. The zero-order chi connectivity index (χ0) is 18.9. The SMILES string of the molecule is COc1cnc(OC2CCN(S(=O)(=O)c3c(C)nn(C)c3C)CC2)nc1. The van der Waals surface area contributed by atoms with Gasteiger partial charge in [0.25, 0.3) is 0 Å². The van der Waals surface area contributed by atoms with Crippen molar-refractivity contribution in [3.63, 3.8) is 0 Å². The van der Waals surface area contributed by atoms with Gasteiger partial charge in [0.2, 0.25) is 10.0 Å². The summed E-state index contributed by atoms with van der Waals surface area (Å²) < 4.78 is 39.8. The van der Waals surface area contributed by atoms with Gasteiger partial charge in [-0.2, -0.15) is 19.4 Å². The minimum atomic E-state index is -3.56. The minimum absolute atomic E-state index is 0.120. The average Bonchev–Trinajstić information content (AvgIpc) is 2.88. The molecule has 1 aliphatic heterocycles. The Kier molecular flexibility index (Phi) is 5.15. The largest absolute Gasteiger partial charge is 0.494 e. The molecule has 1 aliphatic rings. The standard InChI is InChI=1S/C16H23N5O4S/c1-11-15(12(2)20(3)19-11)26(22,23)21-7-5-13(6-8-21)25-16-17-9-14(24-4)10-18-16/h9-10,13H,5-8H2,1-4H3. The molecule has 142 valence electrons. The zero-order valence-corrected chi connectivity index (χ0v) is 16.2. The van der Waals surface area contributed by atoms with E-state index in [2.05, 4.69) is 15.1 Å². The van der Waals surface area contributed by atoms with E-state index in [0.717, 1.165) is 0 Å². The fourth-order valence-electron chi connectivity index (χ4n) is 3.07. The summed E-state index contributed by atoms with van der Waals surface area (Å²) in [6.07, 6.45) is 4.11. The molecule has 0 amide bonds. The second-order valence-corrected chi connectivity index (χ2v) is 8.13. The first-order chi connectivity index (χ1) is 12.3. The number of aromatic nitrogens is 4. The first-order valence-corrected chi connectivity index (χ1v) is 9.80. The molecule has 10 heteroatoms. The Morgan fingerprint density at radius 1 is 1.15 bits per heavy atom. The Balaban J connectivity index is 1.65. The molecule has 2 aromatic rings. The van der Waals surface area contributed by atoms with Crippen molar-refractivity contribution < 1.29 is 17.9 Å². The normalized spacial score (nSPS) is 16.6. The van der Waals surface area contributed by atoms with Crippen LogP contribution < -0.4 is 9.47 Å². The highest BCUT2D eigenvalue weighted by Gasteiger charge is 2.34. The van der Waals surface area contributed by atoms with E-state index in [1.54, 1.807) is 32.7 Å². The van der Waals surface area contributed by atoms with Crippen LogP contribution in [0.3, 0.4) is 0 Å². The fraction of sp³-hybridized carbons (Fsp3) is 0.562. The summed E-state index contributed by atoms with van der Waals surface area (Å²) in [6.45, 7) is 4.26. The van der Waals surface area contributed by atoms with Gasteiger partial charge < -0.3 is 9.47 Å². The van der Waals surface area contributed by atoms with Crippen LogP contribution in [0.2, 0.25) is 0 Å². The third kappa shape index (κ3) is 3.51. The smallest absolute Gasteiger partial charge is 0.316 e. The molecule has 0 saturated carbocycles. The number of ether oxygens (including phenoxy) is 2. The maximum atomic E-state index is 13.0. The van der Waals surface area contributed by atoms with Gasteiger partial charge in [0.15, 0.2) is 5.75 Å². The highest BCUT2D eigenvalue weighted by atomic mass is 32.2. The highest BCUT2D eigenvalue weighted by Crippen LogP contribution is 2.26. The van der Waals surface area contributed by atoms with Gasteiger partial charge in [-0.1, -0.05) is 0 Å². The quantitative estimate of drug-likeness (QED) is 0.764. The van der Waals surface area contributed by atoms with Crippen molar-refractivity contribution in [3.8, 4) is 11.8 Å². The molecule has 0 aliphatic carbocycles. The topological polar surface area (TPSA) is 99.4 Å². The summed E-state index contributed by atoms with van der Waals surface area (Å²) in [4.78, 5) is 8.47. The molecule has 0 unspecified atom stereocenters. The molecule has 0 radical (unpaired) electrons. The van der Waals surface area contributed by atoms with E-state index >= 15 is 0 Å². The van der Waals surface area contributed by atoms with Crippen LogP contribution >= 0.6 is 0 Å². The number of hydrogen-bond donors (Lipinski definition) is 0. The molecule has 3 heterocycles. The van der Waals surface area contributed by atoms with Crippen molar-refractivity contribution in [3.05, 3.63) is 23.8 Å². The van der Waals surface area contributed by atoms with Crippen molar-refractivity contribution in [2.24, 2.45) is 7.05 Å². The number of aryl methyl sites for hydroxylation is 2. The predicted molar refractivity (Wildman–Crippen MR) is 93.7 cm³/mol. The van der Waals surface area contributed by atoms with Crippen LogP contribution in [0.25, 0.3) is 0 Å². The number of sulfonamides is 1. The first kappa shape index (κ1) is 18.6. The summed E-state index contributed by atoms with van der Waals surface area (Å²) in [7, 11) is -0.272. The van der Waals surface area contributed by atoms with E-state index in [1.165, 1.54) is 16.7 Å². The lowest BCUT2D eigenvalue weighted by atomic mass is 10.1. The van der Waals surface area contributed by atoms with Gasteiger partial charge >= 0.3 is 6.01 Å². The molecule has 2 aromatic heterocycles. The van der Waals surface area contributed by atoms with Gasteiger partial charge in [0.1, 0.15) is 11.0 Å². The highest BCUT2D eigenvalue weighted by molar-refractivity contribution is 7.89. The molecule has 1 saturated heterocycles. The summed E-state index contributed by atoms with van der Waals surface area (Å²) in [6, 6.07) is 0.269. The molecule has 0 bridgehead atoms. The number of piperidine rings is 1. The Morgan fingerprint density at radius 2 is 1.77 bits per heavy atom. The lowest BCUT2D eigenvalue weighted by molar-refractivity contribution is 0.124. The second kappa shape index (κ2) is 7.20. The number of methoxy groups -OCH3 is 1. The van der Waals surface area contributed by atoms with E-state index in [1.807, 2.05) is 0 Å². The first-order valence-electron chi connectivity index (χ1n) is 8.36. The lowest BCUT2D eigenvalue weighted by Gasteiger charge is -2.30. The van der Waals surface area contributed by atoms with Crippen molar-refractivity contribution >= 4 is 10.0 Å². The van der Waals surface area contributed by atoms with Gasteiger partial charge in [0.05, 0.1) is 30.9 Å². The summed E-state index contributed by atoms with van der Waals surface area (Å²) in [5.74, 6) is 0.556. The van der Waals surface area contributed by atoms with Crippen LogP contribution in [-0.4, -0.2) is 58.8 Å². The maximum Gasteiger partial charge on any atom is 0.316 e. The van der Waals surface area contributed by atoms with Crippen LogP contribution in [0, 0.1) is 13.8 Å². The zero-order valence-electron chi connectivity index (χ0n) is 15.3. The summed E-state index contributed by atoms with van der Waals surface area (Å²) in [5.41, 5.74) is 1.17. The van der Waals surface area contributed by atoms with Crippen molar-refractivity contribution in [1.82, 2.24) is 24.1 Å². The van der Waals surface area contributed by atoms with Crippen LogP contribution in [-0.2, 0) is 17.1 Å². The Morgan fingerprint density at radius 3 is 2.27 bits per heavy atom. The van der Waals surface area contributed by atoms with E-state index in [0.29, 0.717) is 48.0 Å². The predicted octanol–water partition coefficient (Wildman–Crippen LogP) is 1.07. The molecule has 0 N–H and O–H groups in total. The second-order valence-electron chi connectivity index (χ2n) is 6.25. The Bertz CT molecular complexity index is 871. The van der Waals surface area contributed by atoms with Gasteiger partial charge in [-0.25, -0.2) is 8.42 Å². The van der Waals surface area contributed by atoms with Crippen LogP contribution in [0.15, 0.2) is 17.3 Å². The van der Waals surface area contributed by atoms with Gasteiger partial charge in [-0.15, -0.1) is 0 Å². The van der Waals surface area contributed by atoms with Crippen LogP contribution in [0.5, 0.6) is 11.8 Å². The van der Waals surface area contributed by atoms with Gasteiger partial charge in [-0.05, 0) is 26.7 Å². The summed E-state index contributed by atoms with van der Waals surface area (Å²) in [5, 5.41) is 4.22. The van der Waals surface area contributed by atoms with E-state index in [4.69, 9.17) is 9.47 Å². The van der Waals surface area contributed by atoms with Crippen molar-refractivity contribution in [1.29, 1.82) is 0 Å². The number of nitrogens with zero attached hydrogens (tertiary/aromatic N) is 5.